The van der Waals surface area contributed by atoms with Gasteiger partial charge in [0.05, 0.1) is 11.3 Å². The van der Waals surface area contributed by atoms with E-state index in [-0.39, 0.29) is 17.1 Å². The number of aliphatic hydroxyl groups is 1. The van der Waals surface area contributed by atoms with Gasteiger partial charge in [0.15, 0.2) is 6.10 Å². The lowest BCUT2D eigenvalue weighted by molar-refractivity contribution is -0.130. The number of carbonyl (C=O) groups is 2. The maximum atomic E-state index is 13.5. The number of aryl methyl sites for hydroxylation is 1. The van der Waals surface area contributed by atoms with E-state index in [0.717, 1.165) is 0 Å². The molecule has 0 saturated heterocycles. The second-order valence-electron chi connectivity index (χ2n) is 8.63. The van der Waals surface area contributed by atoms with Crippen molar-refractivity contribution in [2.45, 2.75) is 47.6 Å². The molecular formula is C22H30FN3O3. The molecule has 0 saturated carbocycles. The molecule has 0 fully saturated rings. The Morgan fingerprint density at radius 2 is 1.83 bits per heavy atom. The third-order valence-electron chi connectivity index (χ3n) is 4.93. The van der Waals surface area contributed by atoms with Crippen molar-refractivity contribution < 1.29 is 19.1 Å². The summed E-state index contributed by atoms with van der Waals surface area (Å²) in [4.78, 5) is 25.3. The molecule has 0 spiro atoms. The molecule has 1 aromatic carbocycles. The van der Waals surface area contributed by atoms with Crippen LogP contribution in [-0.2, 0) is 11.8 Å². The van der Waals surface area contributed by atoms with Crippen molar-refractivity contribution in [3.8, 4) is 0 Å². The summed E-state index contributed by atoms with van der Waals surface area (Å²) in [6.45, 7) is 11.4. The van der Waals surface area contributed by atoms with Gasteiger partial charge in [0.25, 0.3) is 11.8 Å². The molecule has 1 heterocycles. The molecule has 2 aromatic rings. The largest absolute Gasteiger partial charge is 0.377 e. The van der Waals surface area contributed by atoms with Crippen LogP contribution in [0.15, 0.2) is 18.2 Å². The van der Waals surface area contributed by atoms with E-state index in [1.807, 2.05) is 20.8 Å². The molecule has 3 N–H and O–H groups in total. The molecule has 2 rings (SSSR count). The first kappa shape index (κ1) is 22.6. The Morgan fingerprint density at radius 1 is 1.21 bits per heavy atom. The zero-order valence-electron chi connectivity index (χ0n) is 18.1. The highest BCUT2D eigenvalue weighted by atomic mass is 19.1. The first-order valence-corrected chi connectivity index (χ1v) is 9.52. The zero-order valence-corrected chi connectivity index (χ0v) is 18.1. The molecule has 0 radical (unpaired) electrons. The van der Waals surface area contributed by atoms with Crippen LogP contribution in [0.25, 0.3) is 0 Å². The van der Waals surface area contributed by atoms with Crippen LogP contribution in [0, 0.1) is 32.0 Å². The van der Waals surface area contributed by atoms with Crippen LogP contribution < -0.4 is 10.6 Å². The summed E-state index contributed by atoms with van der Waals surface area (Å²) in [6, 6.07) is 4.34. The number of rotatable bonds is 5. The number of benzene rings is 1. The van der Waals surface area contributed by atoms with Gasteiger partial charge in [0, 0.05) is 25.0 Å². The van der Waals surface area contributed by atoms with Crippen molar-refractivity contribution in [1.82, 2.24) is 9.88 Å². The van der Waals surface area contributed by atoms with E-state index in [4.69, 9.17) is 0 Å². The number of carbonyl (C=O) groups excluding carboxylic acids is 2. The van der Waals surface area contributed by atoms with Gasteiger partial charge >= 0.3 is 0 Å². The third kappa shape index (κ3) is 5.03. The lowest BCUT2D eigenvalue weighted by Gasteiger charge is -2.21. The number of halogens is 1. The van der Waals surface area contributed by atoms with E-state index in [1.54, 1.807) is 38.5 Å². The van der Waals surface area contributed by atoms with Gasteiger partial charge in [0.2, 0.25) is 0 Å². The lowest BCUT2D eigenvalue weighted by Crippen LogP contribution is -2.36. The van der Waals surface area contributed by atoms with Crippen molar-refractivity contribution in [3.05, 3.63) is 52.1 Å². The van der Waals surface area contributed by atoms with Gasteiger partial charge in [-0.15, -0.1) is 0 Å². The Labute approximate surface area is 171 Å². The van der Waals surface area contributed by atoms with Crippen molar-refractivity contribution in [2.24, 2.45) is 12.5 Å². The molecule has 1 atom stereocenters. The number of hydrogen-bond acceptors (Lipinski definition) is 3. The standard InChI is InChI=1S/C22H30FN3O3/c1-12-10-15(8-9-16(12)23)25-20(28)17-13(2)18(26(7)14(17)3)19(27)21(29)24-11-22(4,5)6/h8-10,19,27H,11H2,1-7H3,(H,24,29)(H,25,28). The highest BCUT2D eigenvalue weighted by Gasteiger charge is 2.29. The summed E-state index contributed by atoms with van der Waals surface area (Å²) >= 11 is 0. The fraction of sp³-hybridized carbons (Fsp3) is 0.455. The van der Waals surface area contributed by atoms with Crippen LogP contribution in [0.5, 0.6) is 0 Å². The third-order valence-corrected chi connectivity index (χ3v) is 4.93. The van der Waals surface area contributed by atoms with Gasteiger partial charge in [0.1, 0.15) is 5.82 Å². The maximum Gasteiger partial charge on any atom is 0.257 e. The molecule has 29 heavy (non-hydrogen) atoms. The Kier molecular flexibility index (Phi) is 6.53. The minimum atomic E-state index is -1.39. The highest BCUT2D eigenvalue weighted by Crippen LogP contribution is 2.28. The van der Waals surface area contributed by atoms with Gasteiger partial charge < -0.3 is 20.3 Å². The van der Waals surface area contributed by atoms with E-state index in [0.29, 0.717) is 40.3 Å². The molecule has 7 heteroatoms. The summed E-state index contributed by atoms with van der Waals surface area (Å²) in [7, 11) is 1.71. The molecule has 0 aliphatic heterocycles. The number of anilines is 1. The molecule has 1 aromatic heterocycles. The van der Waals surface area contributed by atoms with E-state index < -0.39 is 12.0 Å². The predicted octanol–water partition coefficient (Wildman–Crippen LogP) is 3.54. The minimum absolute atomic E-state index is 0.118. The summed E-state index contributed by atoms with van der Waals surface area (Å²) in [5, 5.41) is 16.1. The average Bonchev–Trinajstić information content (AvgIpc) is 2.84. The Hall–Kier alpha value is -2.67. The van der Waals surface area contributed by atoms with Gasteiger partial charge in [-0.05, 0) is 55.5 Å². The summed E-state index contributed by atoms with van der Waals surface area (Å²) in [5.41, 5.74) is 2.68. The van der Waals surface area contributed by atoms with Gasteiger partial charge in [-0.3, -0.25) is 9.59 Å². The predicted molar refractivity (Wildman–Crippen MR) is 111 cm³/mol. The first-order chi connectivity index (χ1) is 13.3. The molecule has 1 unspecified atom stereocenters. The lowest BCUT2D eigenvalue weighted by atomic mass is 9.97. The van der Waals surface area contributed by atoms with Crippen molar-refractivity contribution in [3.63, 3.8) is 0 Å². The van der Waals surface area contributed by atoms with Gasteiger partial charge in [-0.1, -0.05) is 20.8 Å². The molecule has 0 aliphatic carbocycles. The smallest absolute Gasteiger partial charge is 0.257 e. The summed E-state index contributed by atoms with van der Waals surface area (Å²) < 4.78 is 15.1. The van der Waals surface area contributed by atoms with E-state index in [9.17, 15) is 19.1 Å². The number of aromatic nitrogens is 1. The molecule has 2 amide bonds. The van der Waals surface area contributed by atoms with Crippen LogP contribution >= 0.6 is 0 Å². The number of nitrogens with zero attached hydrogens (tertiary/aromatic N) is 1. The van der Waals surface area contributed by atoms with E-state index >= 15 is 0 Å². The number of aliphatic hydroxyl groups excluding tert-OH is 1. The minimum Gasteiger partial charge on any atom is -0.377 e. The number of hydrogen-bond donors (Lipinski definition) is 3. The molecule has 6 nitrogen and oxygen atoms in total. The number of nitrogens with one attached hydrogen (secondary N) is 2. The SMILES string of the molecule is Cc1cc(NC(=O)c2c(C)c(C(O)C(=O)NCC(C)(C)C)n(C)c2C)ccc1F. The molecule has 0 bridgehead atoms. The normalized spacial score (nSPS) is 12.6. The van der Waals surface area contributed by atoms with Crippen LogP contribution in [0.1, 0.15) is 59.7 Å². The summed E-state index contributed by atoms with van der Waals surface area (Å²) in [5.74, 6) is -1.23. The van der Waals surface area contributed by atoms with Gasteiger partial charge in [-0.25, -0.2) is 4.39 Å². The van der Waals surface area contributed by atoms with Crippen LogP contribution in [0.4, 0.5) is 10.1 Å². The van der Waals surface area contributed by atoms with Crippen molar-refractivity contribution >= 4 is 17.5 Å². The second-order valence-corrected chi connectivity index (χ2v) is 8.63. The molecule has 158 valence electrons. The maximum absolute atomic E-state index is 13.5. The van der Waals surface area contributed by atoms with Crippen molar-refractivity contribution in [2.75, 3.05) is 11.9 Å². The molecular weight excluding hydrogens is 373 g/mol. The van der Waals surface area contributed by atoms with E-state index in [2.05, 4.69) is 10.6 Å². The Bertz CT molecular complexity index is 942. The van der Waals surface area contributed by atoms with Crippen LogP contribution in [-0.4, -0.2) is 28.0 Å². The Balaban J connectivity index is 2.30. The Morgan fingerprint density at radius 3 is 2.38 bits per heavy atom. The fourth-order valence-electron chi connectivity index (χ4n) is 3.21. The topological polar surface area (TPSA) is 83.4 Å². The van der Waals surface area contributed by atoms with Crippen molar-refractivity contribution in [1.29, 1.82) is 0 Å². The monoisotopic (exact) mass is 403 g/mol. The second kappa shape index (κ2) is 8.37. The number of amides is 2. The fourth-order valence-corrected chi connectivity index (χ4v) is 3.21. The zero-order chi connectivity index (χ0) is 22.1. The first-order valence-electron chi connectivity index (χ1n) is 9.52. The quantitative estimate of drug-likeness (QED) is 0.714. The van der Waals surface area contributed by atoms with Crippen LogP contribution in [0.2, 0.25) is 0 Å². The van der Waals surface area contributed by atoms with Gasteiger partial charge in [-0.2, -0.15) is 0 Å². The van der Waals surface area contributed by atoms with Crippen LogP contribution in [0.3, 0.4) is 0 Å². The summed E-state index contributed by atoms with van der Waals surface area (Å²) in [6.07, 6.45) is -1.39. The highest BCUT2D eigenvalue weighted by molar-refractivity contribution is 6.06. The molecule has 0 aliphatic rings. The van der Waals surface area contributed by atoms with E-state index in [1.165, 1.54) is 12.1 Å². The average molecular weight is 403 g/mol.